The van der Waals surface area contributed by atoms with Crippen LogP contribution in [0, 0.1) is 19.3 Å². The fourth-order valence-electron chi connectivity index (χ4n) is 6.89. The lowest BCUT2D eigenvalue weighted by Crippen LogP contribution is -2.38. The van der Waals surface area contributed by atoms with Crippen LogP contribution in [0.15, 0.2) is 54.9 Å². The summed E-state index contributed by atoms with van der Waals surface area (Å²) in [5.74, 6) is -0.0432. The van der Waals surface area contributed by atoms with E-state index in [1.807, 2.05) is 36.0 Å². The molecule has 6 rings (SSSR count). The fraction of sp³-hybridized carbons (Fsp3) is 0.432. The van der Waals surface area contributed by atoms with Crippen LogP contribution in [0.25, 0.3) is 11.1 Å². The van der Waals surface area contributed by atoms with Crippen molar-refractivity contribution in [2.24, 2.45) is 5.41 Å². The first kappa shape index (κ1) is 32.1. The number of nitrogens with one attached hydrogen (secondary N) is 1. The summed E-state index contributed by atoms with van der Waals surface area (Å²) in [7, 11) is 0. The average molecular weight is 641 g/mol. The number of hydrogen-bond acceptors (Lipinski definition) is 6. The zero-order valence-corrected chi connectivity index (χ0v) is 28.2. The van der Waals surface area contributed by atoms with Gasteiger partial charge in [-0.1, -0.05) is 55.8 Å². The van der Waals surface area contributed by atoms with E-state index in [9.17, 15) is 9.90 Å². The van der Waals surface area contributed by atoms with Crippen molar-refractivity contribution in [1.29, 1.82) is 0 Å². The number of carboxylic acids is 1. The molecular weight excluding hydrogens is 596 g/mol. The van der Waals surface area contributed by atoms with E-state index in [0.29, 0.717) is 13.1 Å². The average Bonchev–Trinajstić information content (AvgIpc) is 3.53. The molecule has 2 aromatic carbocycles. The van der Waals surface area contributed by atoms with E-state index in [-0.39, 0.29) is 11.8 Å². The van der Waals surface area contributed by atoms with E-state index in [1.54, 1.807) is 6.20 Å². The molecule has 0 bridgehead atoms. The Morgan fingerprint density at radius 3 is 2.57 bits per heavy atom. The first-order valence-electron chi connectivity index (χ1n) is 16.4. The number of carboxylic acid groups (broad SMARTS) is 1. The number of halogens is 1. The van der Waals surface area contributed by atoms with Gasteiger partial charge in [0.1, 0.15) is 5.82 Å². The monoisotopic (exact) mass is 640 g/mol. The van der Waals surface area contributed by atoms with Crippen LogP contribution < -0.4 is 10.2 Å². The van der Waals surface area contributed by atoms with Crippen LogP contribution in [0.5, 0.6) is 0 Å². The normalized spacial score (nSPS) is 16.3. The Bertz CT molecular complexity index is 1690. The summed E-state index contributed by atoms with van der Waals surface area (Å²) >= 11 is 6.58. The number of piperidine rings is 1. The minimum atomic E-state index is -0.840. The van der Waals surface area contributed by atoms with Gasteiger partial charge in [0.15, 0.2) is 0 Å². The van der Waals surface area contributed by atoms with Crippen molar-refractivity contribution in [1.82, 2.24) is 19.7 Å². The third kappa shape index (κ3) is 7.08. The van der Waals surface area contributed by atoms with Gasteiger partial charge in [0, 0.05) is 73.5 Å². The quantitative estimate of drug-likeness (QED) is 0.191. The van der Waals surface area contributed by atoms with Gasteiger partial charge in [-0.15, -0.1) is 0 Å². The van der Waals surface area contributed by atoms with E-state index in [4.69, 9.17) is 16.6 Å². The number of aryl methyl sites for hydroxylation is 2. The van der Waals surface area contributed by atoms with Crippen molar-refractivity contribution in [2.75, 3.05) is 36.4 Å². The second-order valence-corrected chi connectivity index (χ2v) is 14.1. The number of fused-ring (bicyclic) bond motifs is 1. The Morgan fingerprint density at radius 2 is 1.85 bits per heavy atom. The number of aromatic nitrogens is 3. The molecule has 2 aliphatic heterocycles. The Balaban J connectivity index is 1.38. The van der Waals surface area contributed by atoms with Gasteiger partial charge >= 0.3 is 5.97 Å². The molecule has 2 N–H and O–H groups in total. The highest BCUT2D eigenvalue weighted by Crippen LogP contribution is 2.44. The van der Waals surface area contributed by atoms with E-state index in [0.717, 1.165) is 90.9 Å². The van der Waals surface area contributed by atoms with Crippen LogP contribution in [0.1, 0.15) is 60.2 Å². The highest BCUT2D eigenvalue weighted by atomic mass is 35.5. The summed E-state index contributed by atoms with van der Waals surface area (Å²) in [6.07, 6.45) is 6.71. The summed E-state index contributed by atoms with van der Waals surface area (Å²) in [5, 5.41) is 18.8. The van der Waals surface area contributed by atoms with Crippen molar-refractivity contribution in [2.45, 2.75) is 73.0 Å². The van der Waals surface area contributed by atoms with E-state index in [2.05, 4.69) is 65.3 Å². The zero-order valence-electron chi connectivity index (χ0n) is 27.4. The Morgan fingerprint density at radius 1 is 1.04 bits per heavy atom. The maximum absolute atomic E-state index is 12.2. The SMILES string of the molecule is Cc1cccc(Cl)c1CN1CCc2cc(-c3c(NCCn4cccn4)nc(C)c(CC(=O)O)c3N3CCC(C)(C)CC3)ccc2C1. The number of rotatable bonds is 10. The van der Waals surface area contributed by atoms with E-state index >= 15 is 0 Å². The maximum Gasteiger partial charge on any atom is 0.307 e. The predicted molar refractivity (Wildman–Crippen MR) is 186 cm³/mol. The number of nitrogens with zero attached hydrogens (tertiary/aromatic N) is 5. The van der Waals surface area contributed by atoms with Crippen LogP contribution in [0.2, 0.25) is 5.02 Å². The molecule has 0 aliphatic carbocycles. The van der Waals surface area contributed by atoms with Crippen LogP contribution >= 0.6 is 11.6 Å². The zero-order chi connectivity index (χ0) is 32.4. The van der Waals surface area contributed by atoms with Gasteiger partial charge in [-0.2, -0.15) is 5.10 Å². The molecule has 1 fully saturated rings. The molecule has 2 aromatic heterocycles. The molecule has 0 radical (unpaired) electrons. The molecule has 1 saturated heterocycles. The second kappa shape index (κ2) is 13.5. The number of pyridine rings is 1. The molecule has 4 aromatic rings. The molecule has 0 amide bonds. The summed E-state index contributed by atoms with van der Waals surface area (Å²) in [4.78, 5) is 22.1. The number of hydrogen-bond donors (Lipinski definition) is 2. The van der Waals surface area contributed by atoms with Crippen molar-refractivity contribution in [3.63, 3.8) is 0 Å². The summed E-state index contributed by atoms with van der Waals surface area (Å²) < 4.78 is 1.90. The molecule has 0 saturated carbocycles. The minimum absolute atomic E-state index is 0.0595. The largest absolute Gasteiger partial charge is 0.481 e. The van der Waals surface area contributed by atoms with Gasteiger partial charge in [0.05, 0.1) is 18.7 Å². The topological polar surface area (TPSA) is 86.5 Å². The first-order chi connectivity index (χ1) is 22.1. The number of carbonyl (C=O) groups is 1. The summed E-state index contributed by atoms with van der Waals surface area (Å²) in [6.45, 7) is 14.4. The van der Waals surface area contributed by atoms with E-state index in [1.165, 1.54) is 22.3 Å². The van der Waals surface area contributed by atoms with Crippen LogP contribution in [-0.4, -0.2) is 56.9 Å². The van der Waals surface area contributed by atoms with Gasteiger partial charge in [-0.3, -0.25) is 14.4 Å². The molecular formula is C37H45ClN6O2. The third-order valence-corrected chi connectivity index (χ3v) is 10.1. The molecule has 0 unspecified atom stereocenters. The number of anilines is 2. The van der Waals surface area contributed by atoms with Crippen molar-refractivity contribution < 1.29 is 9.90 Å². The van der Waals surface area contributed by atoms with Gasteiger partial charge in [-0.25, -0.2) is 4.98 Å². The minimum Gasteiger partial charge on any atom is -0.481 e. The van der Waals surface area contributed by atoms with Gasteiger partial charge in [0.2, 0.25) is 0 Å². The molecule has 0 spiro atoms. The predicted octanol–water partition coefficient (Wildman–Crippen LogP) is 7.14. The molecule has 8 nitrogen and oxygen atoms in total. The Labute approximate surface area is 277 Å². The van der Waals surface area contributed by atoms with Gasteiger partial charge in [0.25, 0.3) is 0 Å². The van der Waals surface area contributed by atoms with Crippen LogP contribution in [0.4, 0.5) is 11.5 Å². The Kier molecular flexibility index (Phi) is 9.39. The molecule has 242 valence electrons. The maximum atomic E-state index is 12.2. The number of aliphatic carboxylic acids is 1. The highest BCUT2D eigenvalue weighted by Gasteiger charge is 2.31. The molecule has 2 aliphatic rings. The van der Waals surface area contributed by atoms with Crippen molar-refractivity contribution >= 4 is 29.1 Å². The summed E-state index contributed by atoms with van der Waals surface area (Å²) in [6, 6.07) is 14.8. The summed E-state index contributed by atoms with van der Waals surface area (Å²) in [5.41, 5.74) is 9.98. The smallest absolute Gasteiger partial charge is 0.307 e. The number of benzene rings is 2. The van der Waals surface area contributed by atoms with Gasteiger partial charge in [-0.05, 0) is 78.5 Å². The molecule has 0 atom stereocenters. The molecule has 46 heavy (non-hydrogen) atoms. The highest BCUT2D eigenvalue weighted by molar-refractivity contribution is 6.31. The lowest BCUT2D eigenvalue weighted by Gasteiger charge is -2.40. The lowest BCUT2D eigenvalue weighted by molar-refractivity contribution is -0.136. The fourth-order valence-corrected chi connectivity index (χ4v) is 7.17. The van der Waals surface area contributed by atoms with E-state index < -0.39 is 5.97 Å². The third-order valence-electron chi connectivity index (χ3n) is 9.75. The first-order valence-corrected chi connectivity index (χ1v) is 16.8. The second-order valence-electron chi connectivity index (χ2n) is 13.6. The standard InChI is InChI=1S/C37H45ClN6O2/c1-25-7-5-8-32(38)31(25)24-42-17-11-27-21-28(9-10-29(27)23-42)34-35(43-18-12-37(3,4)13-19-43)30(22-33(45)46)26(2)41-36(34)39-15-20-44-16-6-14-40-44/h5-10,14,16,21H,11-13,15,17-20,22-24H2,1-4H3,(H,39,41)(H,45,46). The van der Waals surface area contributed by atoms with Crippen LogP contribution in [0.3, 0.4) is 0 Å². The van der Waals surface area contributed by atoms with Crippen LogP contribution in [-0.2, 0) is 37.3 Å². The molecule has 9 heteroatoms. The molecule has 4 heterocycles. The Hall–Kier alpha value is -3.88. The van der Waals surface area contributed by atoms with Crippen molar-refractivity contribution in [3.05, 3.63) is 93.4 Å². The lowest BCUT2D eigenvalue weighted by atomic mass is 9.82. The van der Waals surface area contributed by atoms with Crippen molar-refractivity contribution in [3.8, 4) is 11.1 Å². The van der Waals surface area contributed by atoms with Gasteiger partial charge < -0.3 is 15.3 Å².